The zero-order valence-corrected chi connectivity index (χ0v) is 18.9. The highest BCUT2D eigenvalue weighted by molar-refractivity contribution is 7.92. The lowest BCUT2D eigenvalue weighted by Gasteiger charge is -2.28. The first-order valence-corrected chi connectivity index (χ1v) is 12.0. The molecule has 10 heteroatoms. The molecule has 1 heterocycles. The van der Waals surface area contributed by atoms with Crippen molar-refractivity contribution in [2.45, 2.75) is 0 Å². The molecule has 4 rings (SSSR count). The molecule has 8 nitrogen and oxygen atoms in total. The van der Waals surface area contributed by atoms with E-state index in [9.17, 15) is 18.0 Å². The molecule has 0 radical (unpaired) electrons. The van der Waals surface area contributed by atoms with Gasteiger partial charge in [0.1, 0.15) is 0 Å². The van der Waals surface area contributed by atoms with E-state index in [1.54, 1.807) is 66.7 Å². The quantitative estimate of drug-likeness (QED) is 0.569. The summed E-state index contributed by atoms with van der Waals surface area (Å²) < 4.78 is 30.6. The summed E-state index contributed by atoms with van der Waals surface area (Å²) in [6, 6.07) is 19.7. The Morgan fingerprint density at radius 1 is 0.879 bits per heavy atom. The molecule has 1 aliphatic rings. The average molecular weight is 486 g/mol. The Morgan fingerprint density at radius 2 is 1.55 bits per heavy atom. The van der Waals surface area contributed by atoms with Gasteiger partial charge in [-0.2, -0.15) is 0 Å². The number of halogens is 1. The number of nitrogens with zero attached hydrogens (tertiary/aromatic N) is 1. The Hall–Kier alpha value is -3.40. The molecule has 0 bridgehead atoms. The lowest BCUT2D eigenvalue weighted by Crippen LogP contribution is -2.41. The molecule has 1 aliphatic heterocycles. The van der Waals surface area contributed by atoms with E-state index in [4.69, 9.17) is 16.3 Å². The number of amides is 2. The summed E-state index contributed by atoms with van der Waals surface area (Å²) in [5, 5.41) is 5.82. The van der Waals surface area contributed by atoms with E-state index in [0.29, 0.717) is 39.8 Å². The summed E-state index contributed by atoms with van der Waals surface area (Å²) in [5.74, 6) is -1.08. The molecule has 3 aromatic carbocycles. The molecule has 2 amide bonds. The topological polar surface area (TPSA) is 105 Å². The van der Waals surface area contributed by atoms with Crippen molar-refractivity contribution in [3.63, 3.8) is 0 Å². The Balaban J connectivity index is 1.46. The third-order valence-corrected chi connectivity index (χ3v) is 6.79. The largest absolute Gasteiger partial charge is 0.362 e. The lowest BCUT2D eigenvalue weighted by atomic mass is 10.1. The SMILES string of the molecule is O=C(Nc1ccc(Cl)c(NC(=O)c2ccccc2)c1)c1ccc(N2CCOCS2(=O)=O)cc1. The van der Waals surface area contributed by atoms with E-state index in [1.807, 2.05) is 6.07 Å². The third kappa shape index (κ3) is 5.33. The van der Waals surface area contributed by atoms with Crippen LogP contribution in [-0.2, 0) is 14.8 Å². The molecule has 0 aliphatic carbocycles. The van der Waals surface area contributed by atoms with Gasteiger partial charge in [-0.05, 0) is 54.6 Å². The number of ether oxygens (including phenoxy) is 1. The van der Waals surface area contributed by atoms with Gasteiger partial charge in [0.15, 0.2) is 5.94 Å². The van der Waals surface area contributed by atoms with Crippen LogP contribution in [0.3, 0.4) is 0 Å². The van der Waals surface area contributed by atoms with Crippen LogP contribution in [0.4, 0.5) is 17.1 Å². The smallest absolute Gasteiger partial charge is 0.259 e. The monoisotopic (exact) mass is 485 g/mol. The number of rotatable bonds is 5. The molecule has 170 valence electrons. The zero-order valence-electron chi connectivity index (χ0n) is 17.3. The van der Waals surface area contributed by atoms with Crippen molar-refractivity contribution < 1.29 is 22.7 Å². The van der Waals surface area contributed by atoms with Crippen molar-refractivity contribution in [2.24, 2.45) is 0 Å². The van der Waals surface area contributed by atoms with Crippen LogP contribution >= 0.6 is 11.6 Å². The van der Waals surface area contributed by atoms with Crippen LogP contribution in [0.1, 0.15) is 20.7 Å². The molecular weight excluding hydrogens is 466 g/mol. The van der Waals surface area contributed by atoms with Crippen LogP contribution in [0.25, 0.3) is 0 Å². The van der Waals surface area contributed by atoms with Gasteiger partial charge >= 0.3 is 0 Å². The highest BCUT2D eigenvalue weighted by Crippen LogP contribution is 2.27. The molecule has 0 spiro atoms. The molecule has 33 heavy (non-hydrogen) atoms. The second-order valence-corrected chi connectivity index (χ2v) is 9.47. The van der Waals surface area contributed by atoms with Gasteiger partial charge in [-0.25, -0.2) is 8.42 Å². The van der Waals surface area contributed by atoms with Crippen LogP contribution in [0, 0.1) is 0 Å². The Labute approximate surface area is 196 Å². The number of nitrogens with one attached hydrogen (secondary N) is 2. The Bertz CT molecular complexity index is 1280. The number of benzene rings is 3. The summed E-state index contributed by atoms with van der Waals surface area (Å²) in [6.45, 7) is 0.525. The van der Waals surface area contributed by atoms with E-state index in [2.05, 4.69) is 10.6 Å². The summed E-state index contributed by atoms with van der Waals surface area (Å²) in [4.78, 5) is 25.1. The van der Waals surface area contributed by atoms with Crippen molar-refractivity contribution in [2.75, 3.05) is 34.0 Å². The van der Waals surface area contributed by atoms with Gasteiger partial charge in [-0.3, -0.25) is 13.9 Å². The fraction of sp³-hybridized carbons (Fsp3) is 0.130. The number of anilines is 3. The van der Waals surface area contributed by atoms with Crippen LogP contribution in [-0.4, -0.2) is 39.3 Å². The van der Waals surface area contributed by atoms with Crippen LogP contribution in [0.5, 0.6) is 0 Å². The van der Waals surface area contributed by atoms with Crippen molar-refractivity contribution >= 4 is 50.5 Å². The molecule has 3 aromatic rings. The fourth-order valence-corrected chi connectivity index (χ4v) is 4.69. The first kappa shape index (κ1) is 22.8. The summed E-state index contributed by atoms with van der Waals surface area (Å²) >= 11 is 6.21. The normalized spacial score (nSPS) is 15.0. The van der Waals surface area contributed by atoms with Gasteiger partial charge in [-0.15, -0.1) is 0 Å². The predicted octanol–water partition coefficient (Wildman–Crippen LogP) is 3.97. The van der Waals surface area contributed by atoms with Crippen LogP contribution in [0.2, 0.25) is 5.02 Å². The van der Waals surface area contributed by atoms with Gasteiger partial charge in [0.2, 0.25) is 0 Å². The summed E-state index contributed by atoms with van der Waals surface area (Å²) in [7, 11) is -3.53. The predicted molar refractivity (Wildman–Crippen MR) is 127 cm³/mol. The van der Waals surface area contributed by atoms with Crippen molar-refractivity contribution in [3.05, 3.63) is 88.9 Å². The maximum absolute atomic E-state index is 12.7. The van der Waals surface area contributed by atoms with Gasteiger partial charge < -0.3 is 15.4 Å². The van der Waals surface area contributed by atoms with Crippen molar-refractivity contribution in [1.29, 1.82) is 0 Å². The molecular formula is C23H20ClN3O5S. The Morgan fingerprint density at radius 3 is 2.24 bits per heavy atom. The zero-order chi connectivity index (χ0) is 23.4. The van der Waals surface area contributed by atoms with Gasteiger partial charge in [-0.1, -0.05) is 29.8 Å². The number of carbonyl (C=O) groups is 2. The molecule has 1 fully saturated rings. The number of sulfonamides is 1. The maximum Gasteiger partial charge on any atom is 0.259 e. The highest BCUT2D eigenvalue weighted by atomic mass is 35.5. The van der Waals surface area contributed by atoms with E-state index < -0.39 is 15.9 Å². The minimum absolute atomic E-state index is 0.218. The number of hydrogen-bond donors (Lipinski definition) is 2. The minimum atomic E-state index is -3.53. The van der Waals surface area contributed by atoms with Gasteiger partial charge in [0, 0.05) is 16.8 Å². The Kier molecular flexibility index (Phi) is 6.64. The van der Waals surface area contributed by atoms with Crippen molar-refractivity contribution in [3.8, 4) is 0 Å². The molecule has 0 unspecified atom stereocenters. The maximum atomic E-state index is 12.7. The third-order valence-electron chi connectivity index (χ3n) is 4.93. The summed E-state index contributed by atoms with van der Waals surface area (Å²) in [6.07, 6.45) is 0. The second kappa shape index (κ2) is 9.62. The van der Waals surface area contributed by atoms with E-state index in [0.717, 1.165) is 0 Å². The minimum Gasteiger partial charge on any atom is -0.362 e. The first-order valence-electron chi connectivity index (χ1n) is 9.99. The first-order chi connectivity index (χ1) is 15.8. The molecule has 1 saturated heterocycles. The van der Waals surface area contributed by atoms with E-state index in [-0.39, 0.29) is 18.4 Å². The number of carbonyl (C=O) groups excluding carboxylic acids is 2. The van der Waals surface area contributed by atoms with Gasteiger partial charge in [0.05, 0.1) is 29.5 Å². The highest BCUT2D eigenvalue weighted by Gasteiger charge is 2.26. The summed E-state index contributed by atoms with van der Waals surface area (Å²) in [5.41, 5.74) is 2.08. The molecule has 2 N–H and O–H groups in total. The van der Waals surface area contributed by atoms with E-state index in [1.165, 1.54) is 4.31 Å². The van der Waals surface area contributed by atoms with Crippen LogP contribution in [0.15, 0.2) is 72.8 Å². The van der Waals surface area contributed by atoms with Gasteiger partial charge in [0.25, 0.3) is 21.8 Å². The van der Waals surface area contributed by atoms with Crippen molar-refractivity contribution in [1.82, 2.24) is 0 Å². The molecule has 0 saturated carbocycles. The average Bonchev–Trinajstić information content (AvgIpc) is 2.81. The number of hydrogen-bond acceptors (Lipinski definition) is 5. The second-order valence-electron chi connectivity index (χ2n) is 7.23. The molecule has 0 atom stereocenters. The lowest BCUT2D eigenvalue weighted by molar-refractivity contribution is 0.101. The van der Waals surface area contributed by atoms with Crippen LogP contribution < -0.4 is 14.9 Å². The molecule has 0 aromatic heterocycles. The van der Waals surface area contributed by atoms with E-state index >= 15 is 0 Å². The standard InChI is InChI=1S/C23H20ClN3O5S/c24-20-11-8-18(14-21(20)26-23(29)16-4-2-1-3-5-16)25-22(28)17-6-9-19(10-7-17)27-12-13-32-15-33(27,30)31/h1-11,14H,12-13,15H2,(H,25,28)(H,26,29). The fourth-order valence-electron chi connectivity index (χ4n) is 3.27.